The molecule has 1 aliphatic rings. The third-order valence-electron chi connectivity index (χ3n) is 4.20. The first kappa shape index (κ1) is 13.1. The summed E-state index contributed by atoms with van der Waals surface area (Å²) in [5, 5.41) is 8.90. The Bertz CT molecular complexity index is 449. The average molecular weight is 242 g/mol. The molecule has 18 heavy (non-hydrogen) atoms. The largest absolute Gasteiger partial charge is 0.294 e. The van der Waals surface area contributed by atoms with Gasteiger partial charge in [-0.15, -0.1) is 0 Å². The highest BCUT2D eigenvalue weighted by atomic mass is 15.2. The molecule has 2 atom stereocenters. The number of aryl methyl sites for hydroxylation is 1. The molecule has 1 fully saturated rings. The van der Waals surface area contributed by atoms with Crippen LogP contribution >= 0.6 is 0 Å². The molecule has 0 saturated carbocycles. The van der Waals surface area contributed by atoms with Crippen LogP contribution in [0.1, 0.15) is 49.8 Å². The summed E-state index contributed by atoms with van der Waals surface area (Å²) >= 11 is 0. The van der Waals surface area contributed by atoms with E-state index in [1.54, 1.807) is 0 Å². The molecule has 1 saturated heterocycles. The van der Waals surface area contributed by atoms with E-state index in [4.69, 9.17) is 5.26 Å². The maximum atomic E-state index is 8.90. The zero-order chi connectivity index (χ0) is 13.1. The number of nitriles is 1. The molecule has 0 aromatic heterocycles. The Morgan fingerprint density at radius 2 is 1.94 bits per heavy atom. The molecule has 1 aromatic rings. The van der Waals surface area contributed by atoms with E-state index in [9.17, 15) is 0 Å². The van der Waals surface area contributed by atoms with Gasteiger partial charge < -0.3 is 0 Å². The van der Waals surface area contributed by atoms with E-state index in [2.05, 4.69) is 37.8 Å². The third-order valence-corrected chi connectivity index (χ3v) is 4.20. The molecular weight excluding hydrogens is 220 g/mol. The van der Waals surface area contributed by atoms with Gasteiger partial charge in [-0.2, -0.15) is 5.26 Å². The predicted molar refractivity (Wildman–Crippen MR) is 74.2 cm³/mol. The normalized spacial score (nSPS) is 24.8. The minimum Gasteiger partial charge on any atom is -0.294 e. The third kappa shape index (κ3) is 2.73. The number of hydrogen-bond acceptors (Lipinski definition) is 2. The smallest absolute Gasteiger partial charge is 0.0991 e. The van der Waals surface area contributed by atoms with Crippen LogP contribution in [0.25, 0.3) is 0 Å². The van der Waals surface area contributed by atoms with Crippen molar-refractivity contribution >= 4 is 0 Å². The van der Waals surface area contributed by atoms with Crippen molar-refractivity contribution in [1.29, 1.82) is 5.26 Å². The van der Waals surface area contributed by atoms with E-state index in [0.717, 1.165) is 12.1 Å². The standard InChI is InChI=1S/C16H22N2/c1-12-9-15(10-17)7-8-16(12)11-18-13(2)5-4-6-14(18)3/h7-9,13-14H,4-6,11H2,1-3H3. The van der Waals surface area contributed by atoms with E-state index in [0.29, 0.717) is 12.1 Å². The second-order valence-electron chi connectivity index (χ2n) is 5.55. The topological polar surface area (TPSA) is 27.0 Å². The maximum absolute atomic E-state index is 8.90. The lowest BCUT2D eigenvalue weighted by Gasteiger charge is -2.39. The Hall–Kier alpha value is -1.33. The Morgan fingerprint density at radius 3 is 2.50 bits per heavy atom. The van der Waals surface area contributed by atoms with Gasteiger partial charge in [0.25, 0.3) is 0 Å². The molecule has 0 aliphatic carbocycles. The van der Waals surface area contributed by atoms with Gasteiger partial charge in [0.1, 0.15) is 0 Å². The zero-order valence-corrected chi connectivity index (χ0v) is 11.6. The summed E-state index contributed by atoms with van der Waals surface area (Å²) in [5.41, 5.74) is 3.35. The summed E-state index contributed by atoms with van der Waals surface area (Å²) in [6, 6.07) is 9.58. The van der Waals surface area contributed by atoms with Gasteiger partial charge in [0, 0.05) is 18.6 Å². The molecule has 2 unspecified atom stereocenters. The molecule has 1 heterocycles. The first-order valence-corrected chi connectivity index (χ1v) is 6.87. The van der Waals surface area contributed by atoms with E-state index in [-0.39, 0.29) is 0 Å². The quantitative estimate of drug-likeness (QED) is 0.792. The van der Waals surface area contributed by atoms with Crippen molar-refractivity contribution in [2.45, 2.75) is 58.7 Å². The average Bonchev–Trinajstić information content (AvgIpc) is 2.35. The minimum atomic E-state index is 0.670. The van der Waals surface area contributed by atoms with E-state index < -0.39 is 0 Å². The molecule has 96 valence electrons. The van der Waals surface area contributed by atoms with Crippen LogP contribution < -0.4 is 0 Å². The molecule has 0 amide bonds. The van der Waals surface area contributed by atoms with Gasteiger partial charge in [-0.05, 0) is 56.9 Å². The summed E-state index contributed by atoms with van der Waals surface area (Å²) in [5.74, 6) is 0. The fourth-order valence-electron chi connectivity index (χ4n) is 2.93. The first-order valence-electron chi connectivity index (χ1n) is 6.87. The van der Waals surface area contributed by atoms with Crippen LogP contribution in [0.5, 0.6) is 0 Å². The summed E-state index contributed by atoms with van der Waals surface area (Å²) in [4.78, 5) is 2.60. The van der Waals surface area contributed by atoms with Crippen molar-refractivity contribution in [2.75, 3.05) is 0 Å². The summed E-state index contributed by atoms with van der Waals surface area (Å²) in [7, 11) is 0. The fourth-order valence-corrected chi connectivity index (χ4v) is 2.93. The minimum absolute atomic E-state index is 0.670. The predicted octanol–water partition coefficient (Wildman–Crippen LogP) is 3.63. The van der Waals surface area contributed by atoms with E-state index >= 15 is 0 Å². The van der Waals surface area contributed by atoms with Gasteiger partial charge in [-0.1, -0.05) is 12.5 Å². The van der Waals surface area contributed by atoms with Crippen LogP contribution in [0.2, 0.25) is 0 Å². The lowest BCUT2D eigenvalue weighted by molar-refractivity contribution is 0.0951. The molecule has 0 N–H and O–H groups in total. The van der Waals surface area contributed by atoms with Crippen molar-refractivity contribution in [3.05, 3.63) is 34.9 Å². The van der Waals surface area contributed by atoms with Crippen molar-refractivity contribution < 1.29 is 0 Å². The Morgan fingerprint density at radius 1 is 1.28 bits per heavy atom. The molecule has 1 aliphatic heterocycles. The molecular formula is C16H22N2. The number of benzene rings is 1. The van der Waals surface area contributed by atoms with Crippen molar-refractivity contribution in [2.24, 2.45) is 0 Å². The summed E-state index contributed by atoms with van der Waals surface area (Å²) < 4.78 is 0. The molecule has 0 radical (unpaired) electrons. The van der Waals surface area contributed by atoms with Crippen LogP contribution in [0.4, 0.5) is 0 Å². The van der Waals surface area contributed by atoms with Crippen LogP contribution in [0.15, 0.2) is 18.2 Å². The number of hydrogen-bond donors (Lipinski definition) is 0. The van der Waals surface area contributed by atoms with Crippen molar-refractivity contribution in [3.63, 3.8) is 0 Å². The van der Waals surface area contributed by atoms with Crippen LogP contribution in [0.3, 0.4) is 0 Å². The molecule has 0 bridgehead atoms. The van der Waals surface area contributed by atoms with Crippen LogP contribution in [-0.2, 0) is 6.54 Å². The van der Waals surface area contributed by atoms with E-state index in [1.165, 1.54) is 30.4 Å². The number of piperidine rings is 1. The van der Waals surface area contributed by atoms with Gasteiger partial charge >= 0.3 is 0 Å². The number of nitrogens with zero attached hydrogens (tertiary/aromatic N) is 2. The second kappa shape index (κ2) is 5.54. The number of likely N-dealkylation sites (tertiary alicyclic amines) is 1. The highest BCUT2D eigenvalue weighted by Gasteiger charge is 2.24. The second-order valence-corrected chi connectivity index (χ2v) is 5.55. The van der Waals surface area contributed by atoms with E-state index in [1.807, 2.05) is 12.1 Å². The molecule has 2 nitrogen and oxygen atoms in total. The monoisotopic (exact) mass is 242 g/mol. The first-order chi connectivity index (χ1) is 8.61. The zero-order valence-electron chi connectivity index (χ0n) is 11.6. The lowest BCUT2D eigenvalue weighted by Crippen LogP contribution is -2.43. The maximum Gasteiger partial charge on any atom is 0.0991 e. The lowest BCUT2D eigenvalue weighted by atomic mass is 9.95. The van der Waals surface area contributed by atoms with Crippen LogP contribution in [0, 0.1) is 18.3 Å². The SMILES string of the molecule is Cc1cc(C#N)ccc1CN1C(C)CCCC1C. The van der Waals surface area contributed by atoms with Gasteiger partial charge in [-0.25, -0.2) is 0 Å². The molecule has 2 rings (SSSR count). The van der Waals surface area contributed by atoms with Gasteiger partial charge in [0.15, 0.2) is 0 Å². The molecule has 2 heteroatoms. The van der Waals surface area contributed by atoms with Crippen molar-refractivity contribution in [3.8, 4) is 6.07 Å². The Kier molecular flexibility index (Phi) is 4.04. The van der Waals surface area contributed by atoms with Crippen molar-refractivity contribution in [1.82, 2.24) is 4.90 Å². The van der Waals surface area contributed by atoms with Crippen LogP contribution in [-0.4, -0.2) is 17.0 Å². The van der Waals surface area contributed by atoms with Gasteiger partial charge in [-0.3, -0.25) is 4.90 Å². The fraction of sp³-hybridized carbons (Fsp3) is 0.562. The number of rotatable bonds is 2. The molecule has 0 spiro atoms. The van der Waals surface area contributed by atoms with Gasteiger partial charge in [0.2, 0.25) is 0 Å². The van der Waals surface area contributed by atoms with Gasteiger partial charge in [0.05, 0.1) is 11.6 Å². The Labute approximate surface area is 110 Å². The summed E-state index contributed by atoms with van der Waals surface area (Å²) in [6.07, 6.45) is 3.96. The Balaban J connectivity index is 2.15. The highest BCUT2D eigenvalue weighted by Crippen LogP contribution is 2.25. The summed E-state index contributed by atoms with van der Waals surface area (Å²) in [6.45, 7) is 7.78. The molecule has 1 aromatic carbocycles. The highest BCUT2D eigenvalue weighted by molar-refractivity contribution is 5.37.